The van der Waals surface area contributed by atoms with Crippen LogP contribution in [0.25, 0.3) is 0 Å². The number of aliphatic hydroxyl groups excluding tert-OH is 1. The highest BCUT2D eigenvalue weighted by Gasteiger charge is 2.33. The fourth-order valence-corrected chi connectivity index (χ4v) is 1.77. The molecule has 90 valence electrons. The molecule has 1 aromatic heterocycles. The van der Waals surface area contributed by atoms with Gasteiger partial charge in [0.2, 0.25) is 5.88 Å². The van der Waals surface area contributed by atoms with Crippen LogP contribution in [0.1, 0.15) is 11.3 Å². The molecule has 0 aliphatic carbocycles. The number of halogens is 4. The zero-order valence-electron chi connectivity index (χ0n) is 7.88. The van der Waals surface area contributed by atoms with Crippen molar-refractivity contribution in [2.24, 2.45) is 5.73 Å². The summed E-state index contributed by atoms with van der Waals surface area (Å²) in [6, 6.07) is 1.50. The summed E-state index contributed by atoms with van der Waals surface area (Å²) in [6.45, 7) is -0.586. The summed E-state index contributed by atoms with van der Waals surface area (Å²) in [5, 5.41) is 8.94. The van der Waals surface area contributed by atoms with Crippen molar-refractivity contribution in [1.82, 2.24) is 4.98 Å². The summed E-state index contributed by atoms with van der Waals surface area (Å²) in [5.74, 6) is -0.651. The lowest BCUT2D eigenvalue weighted by atomic mass is 10.2. The lowest BCUT2D eigenvalue weighted by molar-refractivity contribution is -0.276. The summed E-state index contributed by atoms with van der Waals surface area (Å²) in [5.41, 5.74) is 5.54. The fraction of sp³-hybridized carbons (Fsp3) is 0.375. The number of aromatic nitrogens is 1. The van der Waals surface area contributed by atoms with Gasteiger partial charge in [-0.3, -0.25) is 0 Å². The Balaban J connectivity index is 3.18. The van der Waals surface area contributed by atoms with Gasteiger partial charge in [-0.1, -0.05) is 0 Å². The van der Waals surface area contributed by atoms with E-state index in [1.54, 1.807) is 22.6 Å². The Labute approximate surface area is 103 Å². The van der Waals surface area contributed by atoms with Gasteiger partial charge in [0.15, 0.2) is 0 Å². The Morgan fingerprint density at radius 3 is 2.56 bits per heavy atom. The average Bonchev–Trinajstić information content (AvgIpc) is 2.14. The van der Waals surface area contributed by atoms with Gasteiger partial charge in [0.05, 0.1) is 17.9 Å². The summed E-state index contributed by atoms with van der Waals surface area (Å²) in [6.07, 6.45) is -4.84. The Bertz CT molecular complexity index is 384. The van der Waals surface area contributed by atoms with Crippen LogP contribution in [0.3, 0.4) is 0 Å². The zero-order valence-corrected chi connectivity index (χ0v) is 10.0. The topological polar surface area (TPSA) is 68.4 Å². The molecule has 0 saturated carbocycles. The molecule has 1 rings (SSSR count). The van der Waals surface area contributed by atoms with Gasteiger partial charge in [0, 0.05) is 10.1 Å². The van der Waals surface area contributed by atoms with E-state index in [-0.39, 0.29) is 17.8 Å². The van der Waals surface area contributed by atoms with Crippen molar-refractivity contribution >= 4 is 22.6 Å². The van der Waals surface area contributed by atoms with E-state index in [1.165, 1.54) is 6.07 Å². The molecule has 0 fully saturated rings. The van der Waals surface area contributed by atoms with Crippen LogP contribution >= 0.6 is 22.6 Å². The van der Waals surface area contributed by atoms with Crippen molar-refractivity contribution in [3.8, 4) is 5.88 Å². The van der Waals surface area contributed by atoms with Crippen LogP contribution < -0.4 is 10.5 Å². The maximum absolute atomic E-state index is 12.0. The lowest BCUT2D eigenvalue weighted by Gasteiger charge is -2.13. The summed E-state index contributed by atoms with van der Waals surface area (Å²) in [4.78, 5) is 3.58. The lowest BCUT2D eigenvalue weighted by Crippen LogP contribution is -2.20. The van der Waals surface area contributed by atoms with Gasteiger partial charge < -0.3 is 15.6 Å². The Morgan fingerprint density at radius 2 is 2.12 bits per heavy atom. The van der Waals surface area contributed by atoms with E-state index in [9.17, 15) is 13.2 Å². The van der Waals surface area contributed by atoms with E-state index >= 15 is 0 Å². The SMILES string of the molecule is NCc1cc(I)c(CO)c(OC(F)(F)F)n1. The molecule has 0 bridgehead atoms. The molecule has 16 heavy (non-hydrogen) atoms. The smallest absolute Gasteiger partial charge is 0.391 e. The van der Waals surface area contributed by atoms with Crippen molar-refractivity contribution < 1.29 is 23.0 Å². The minimum Gasteiger partial charge on any atom is -0.391 e. The second kappa shape index (κ2) is 5.15. The van der Waals surface area contributed by atoms with Gasteiger partial charge in [-0.25, -0.2) is 4.98 Å². The van der Waals surface area contributed by atoms with Gasteiger partial charge in [-0.05, 0) is 28.7 Å². The van der Waals surface area contributed by atoms with Crippen LogP contribution in [-0.2, 0) is 13.2 Å². The van der Waals surface area contributed by atoms with Gasteiger partial charge >= 0.3 is 6.36 Å². The van der Waals surface area contributed by atoms with Gasteiger partial charge in [-0.15, -0.1) is 13.2 Å². The predicted molar refractivity (Wildman–Crippen MR) is 57.5 cm³/mol. The highest BCUT2D eigenvalue weighted by atomic mass is 127. The number of ether oxygens (including phenoxy) is 1. The number of hydrogen-bond acceptors (Lipinski definition) is 4. The normalized spacial score (nSPS) is 11.6. The molecule has 0 aliphatic rings. The second-order valence-corrected chi connectivity index (χ2v) is 3.95. The van der Waals surface area contributed by atoms with Crippen LogP contribution in [0.15, 0.2) is 6.07 Å². The molecule has 0 radical (unpaired) electrons. The third kappa shape index (κ3) is 3.46. The number of nitrogens with zero attached hydrogens (tertiary/aromatic N) is 1. The van der Waals surface area contributed by atoms with E-state index in [0.717, 1.165) is 0 Å². The fourth-order valence-electron chi connectivity index (χ4n) is 1.01. The average molecular weight is 348 g/mol. The number of alkyl halides is 3. The van der Waals surface area contributed by atoms with Gasteiger partial charge in [0.25, 0.3) is 0 Å². The third-order valence-corrected chi connectivity index (χ3v) is 2.63. The molecule has 1 heterocycles. The number of rotatable bonds is 3. The molecule has 0 spiro atoms. The number of nitrogens with two attached hydrogens (primary N) is 1. The molecular weight excluding hydrogens is 340 g/mol. The zero-order chi connectivity index (χ0) is 12.3. The molecule has 0 amide bonds. The van der Waals surface area contributed by atoms with Gasteiger partial charge in [-0.2, -0.15) is 0 Å². The largest absolute Gasteiger partial charge is 0.574 e. The van der Waals surface area contributed by atoms with Crippen molar-refractivity contribution in [2.45, 2.75) is 19.5 Å². The first-order valence-electron chi connectivity index (χ1n) is 4.12. The second-order valence-electron chi connectivity index (χ2n) is 2.79. The van der Waals surface area contributed by atoms with E-state index in [1.807, 2.05) is 0 Å². The summed E-state index contributed by atoms with van der Waals surface area (Å²) in [7, 11) is 0. The Hall–Kier alpha value is -0.610. The molecule has 0 unspecified atom stereocenters. The first kappa shape index (κ1) is 13.5. The maximum Gasteiger partial charge on any atom is 0.574 e. The molecule has 8 heteroatoms. The molecule has 4 nitrogen and oxygen atoms in total. The van der Waals surface area contributed by atoms with Gasteiger partial charge in [0.1, 0.15) is 0 Å². The molecule has 0 aromatic carbocycles. The van der Waals surface area contributed by atoms with Crippen molar-refractivity contribution in [1.29, 1.82) is 0 Å². The van der Waals surface area contributed by atoms with Crippen molar-refractivity contribution in [3.05, 3.63) is 20.9 Å². The van der Waals surface area contributed by atoms with Crippen LogP contribution in [0.5, 0.6) is 5.88 Å². The van der Waals surface area contributed by atoms with Crippen molar-refractivity contribution in [2.75, 3.05) is 0 Å². The monoisotopic (exact) mass is 348 g/mol. The van der Waals surface area contributed by atoms with E-state index < -0.39 is 18.8 Å². The molecule has 3 N–H and O–H groups in total. The van der Waals surface area contributed by atoms with Crippen molar-refractivity contribution in [3.63, 3.8) is 0 Å². The molecule has 1 aromatic rings. The maximum atomic E-state index is 12.0. The van der Waals surface area contributed by atoms with Crippen LogP contribution in [0.2, 0.25) is 0 Å². The Morgan fingerprint density at radius 1 is 1.50 bits per heavy atom. The molecule has 0 aliphatic heterocycles. The highest BCUT2D eigenvalue weighted by Crippen LogP contribution is 2.28. The quantitative estimate of drug-likeness (QED) is 0.814. The van der Waals surface area contributed by atoms with Crippen LogP contribution in [-0.4, -0.2) is 16.5 Å². The standard InChI is InChI=1S/C8H8F3IN2O2/c9-8(10,11)16-7-5(3-15)6(12)1-4(2-13)14-7/h1,15H,2-3,13H2. The Kier molecular flexibility index (Phi) is 4.33. The summed E-state index contributed by atoms with van der Waals surface area (Å²) < 4.78 is 40.3. The number of pyridine rings is 1. The van der Waals surface area contributed by atoms with E-state index in [4.69, 9.17) is 10.8 Å². The highest BCUT2D eigenvalue weighted by molar-refractivity contribution is 14.1. The number of hydrogen-bond donors (Lipinski definition) is 2. The number of aliphatic hydroxyl groups is 1. The predicted octanol–water partition coefficient (Wildman–Crippen LogP) is 1.54. The molecular formula is C8H8F3IN2O2. The third-order valence-electron chi connectivity index (χ3n) is 1.66. The van der Waals surface area contributed by atoms with Crippen LogP contribution in [0.4, 0.5) is 13.2 Å². The van der Waals surface area contributed by atoms with Crippen LogP contribution in [0, 0.1) is 3.57 Å². The van der Waals surface area contributed by atoms with E-state index in [2.05, 4.69) is 9.72 Å². The molecule has 0 saturated heterocycles. The first-order chi connectivity index (χ1) is 7.37. The molecule has 0 atom stereocenters. The minimum atomic E-state index is -4.84. The van der Waals surface area contributed by atoms with E-state index in [0.29, 0.717) is 3.57 Å². The minimum absolute atomic E-state index is 0.00404. The summed E-state index contributed by atoms with van der Waals surface area (Å²) >= 11 is 1.78. The first-order valence-corrected chi connectivity index (χ1v) is 5.20.